The highest BCUT2D eigenvalue weighted by molar-refractivity contribution is 5.98. The normalized spacial score (nSPS) is 14.9. The summed E-state index contributed by atoms with van der Waals surface area (Å²) in [5.74, 6) is -5.12. The van der Waals surface area contributed by atoms with E-state index in [1.165, 1.54) is 11.0 Å². The maximum atomic E-state index is 13.7. The van der Waals surface area contributed by atoms with E-state index in [4.69, 9.17) is 5.73 Å². The molecule has 6 nitrogen and oxygen atoms in total. The summed E-state index contributed by atoms with van der Waals surface area (Å²) in [6.07, 6.45) is 0. The average molecular weight is 316 g/mol. The Kier molecular flexibility index (Phi) is 4.55. The van der Waals surface area contributed by atoms with Gasteiger partial charge in [-0.15, -0.1) is 0 Å². The molecular formula is C13H15F3N4O2. The number of urea groups is 1. The van der Waals surface area contributed by atoms with E-state index in [9.17, 15) is 22.8 Å². The van der Waals surface area contributed by atoms with Crippen LogP contribution in [0, 0.1) is 5.82 Å². The Morgan fingerprint density at radius 2 is 2.18 bits per heavy atom. The molecule has 4 N–H and O–H groups in total. The third-order valence-electron chi connectivity index (χ3n) is 3.17. The Hall–Kier alpha value is -2.29. The summed E-state index contributed by atoms with van der Waals surface area (Å²) in [5.41, 5.74) is 4.76. The highest BCUT2D eigenvalue weighted by Gasteiger charge is 2.28. The van der Waals surface area contributed by atoms with Gasteiger partial charge >= 0.3 is 6.03 Å². The molecule has 0 bridgehead atoms. The number of nitrogens with one attached hydrogen (secondary N) is 2. The molecule has 2 rings (SSSR count). The van der Waals surface area contributed by atoms with Crippen molar-refractivity contribution >= 4 is 17.6 Å². The van der Waals surface area contributed by atoms with E-state index in [0.717, 1.165) is 12.1 Å². The number of hydrogen-bond acceptors (Lipinski definition) is 3. The maximum Gasteiger partial charge on any atom is 0.321 e. The lowest BCUT2D eigenvalue weighted by molar-refractivity contribution is 0.0118. The number of rotatable bonds is 5. The molecule has 1 aromatic rings. The predicted octanol–water partition coefficient (Wildman–Crippen LogP) is 0.679. The van der Waals surface area contributed by atoms with Crippen LogP contribution in [0.1, 0.15) is 10.4 Å². The molecule has 1 aromatic carbocycles. The lowest BCUT2D eigenvalue weighted by Crippen LogP contribution is -2.41. The van der Waals surface area contributed by atoms with Crippen molar-refractivity contribution in [2.24, 2.45) is 5.73 Å². The highest BCUT2D eigenvalue weighted by Crippen LogP contribution is 2.21. The van der Waals surface area contributed by atoms with Crippen LogP contribution in [0.3, 0.4) is 0 Å². The van der Waals surface area contributed by atoms with Crippen LogP contribution in [0.2, 0.25) is 0 Å². The van der Waals surface area contributed by atoms with E-state index in [2.05, 4.69) is 5.32 Å². The van der Waals surface area contributed by atoms with E-state index in [-0.39, 0.29) is 6.03 Å². The first-order chi connectivity index (χ1) is 10.3. The molecule has 1 aliphatic heterocycles. The third-order valence-corrected chi connectivity index (χ3v) is 3.17. The lowest BCUT2D eigenvalue weighted by Gasteiger charge is -2.17. The molecule has 0 saturated carbocycles. The van der Waals surface area contributed by atoms with Gasteiger partial charge in [0.25, 0.3) is 11.8 Å². The lowest BCUT2D eigenvalue weighted by atomic mass is 10.1. The van der Waals surface area contributed by atoms with Crippen LogP contribution in [-0.4, -0.2) is 44.0 Å². The molecular weight excluding hydrogens is 301 g/mol. The van der Waals surface area contributed by atoms with E-state index in [1.807, 2.05) is 5.32 Å². The predicted molar refractivity (Wildman–Crippen MR) is 73.5 cm³/mol. The minimum atomic E-state index is -3.27. The molecule has 0 unspecified atom stereocenters. The fourth-order valence-electron chi connectivity index (χ4n) is 1.95. The van der Waals surface area contributed by atoms with Crippen LogP contribution >= 0.6 is 0 Å². The molecule has 1 heterocycles. The average Bonchev–Trinajstić information content (AvgIpc) is 2.91. The van der Waals surface area contributed by atoms with E-state index < -0.39 is 36.3 Å². The fourth-order valence-corrected chi connectivity index (χ4v) is 1.95. The zero-order valence-electron chi connectivity index (χ0n) is 11.5. The summed E-state index contributed by atoms with van der Waals surface area (Å²) in [7, 11) is 0. The largest absolute Gasteiger partial charge is 0.346 e. The smallest absolute Gasteiger partial charge is 0.321 e. The number of alkyl halides is 2. The molecule has 0 radical (unpaired) electrons. The van der Waals surface area contributed by atoms with Gasteiger partial charge in [0.05, 0.1) is 18.7 Å². The van der Waals surface area contributed by atoms with Crippen LogP contribution in [0.4, 0.5) is 23.7 Å². The van der Waals surface area contributed by atoms with Gasteiger partial charge in [-0.05, 0) is 18.2 Å². The van der Waals surface area contributed by atoms with Gasteiger partial charge in [-0.2, -0.15) is 0 Å². The number of amides is 3. The number of nitrogens with two attached hydrogens (primary N) is 1. The number of carbonyl (C=O) groups excluding carboxylic acids is 2. The minimum absolute atomic E-state index is 0.312. The van der Waals surface area contributed by atoms with Gasteiger partial charge in [-0.3, -0.25) is 9.69 Å². The van der Waals surface area contributed by atoms with Crippen LogP contribution in [0.15, 0.2) is 18.2 Å². The standard InChI is InChI=1S/C13H15F3N4O2/c14-10-2-1-8(20-4-3-18-12(20)22)5-9(10)11(21)19-7-13(15,16)6-17/h1-2,5H,3-4,6-7,17H2,(H,18,22)(H,19,21). The first kappa shape index (κ1) is 16.1. The van der Waals surface area contributed by atoms with Crippen LogP contribution in [0.25, 0.3) is 0 Å². The fraction of sp³-hybridized carbons (Fsp3) is 0.385. The van der Waals surface area contributed by atoms with Gasteiger partial charge < -0.3 is 16.4 Å². The maximum absolute atomic E-state index is 13.7. The summed E-state index contributed by atoms with van der Waals surface area (Å²) in [6.45, 7) is -1.11. The zero-order valence-corrected chi connectivity index (χ0v) is 11.5. The Morgan fingerprint density at radius 1 is 1.45 bits per heavy atom. The Morgan fingerprint density at radius 3 is 2.77 bits per heavy atom. The Labute approximate surface area is 124 Å². The van der Waals surface area contributed by atoms with Gasteiger partial charge in [0.15, 0.2) is 0 Å². The molecule has 9 heteroatoms. The van der Waals surface area contributed by atoms with E-state index in [1.54, 1.807) is 0 Å². The highest BCUT2D eigenvalue weighted by atomic mass is 19.3. The molecule has 3 amide bonds. The summed E-state index contributed by atoms with van der Waals surface area (Å²) in [6, 6.07) is 3.13. The second-order valence-corrected chi connectivity index (χ2v) is 4.79. The van der Waals surface area contributed by atoms with E-state index in [0.29, 0.717) is 18.8 Å². The molecule has 0 aliphatic carbocycles. The van der Waals surface area contributed by atoms with Gasteiger partial charge in [0.1, 0.15) is 5.82 Å². The number of anilines is 1. The van der Waals surface area contributed by atoms with Crippen molar-refractivity contribution < 1.29 is 22.8 Å². The number of hydrogen-bond donors (Lipinski definition) is 3. The molecule has 120 valence electrons. The third kappa shape index (κ3) is 3.48. The molecule has 1 fully saturated rings. The van der Waals surface area contributed by atoms with Gasteiger partial charge in [-0.1, -0.05) is 0 Å². The van der Waals surface area contributed by atoms with Crippen molar-refractivity contribution in [3.05, 3.63) is 29.6 Å². The van der Waals surface area contributed by atoms with E-state index >= 15 is 0 Å². The topological polar surface area (TPSA) is 87.5 Å². The van der Waals surface area contributed by atoms with Crippen molar-refractivity contribution in [1.82, 2.24) is 10.6 Å². The SMILES string of the molecule is NCC(F)(F)CNC(=O)c1cc(N2CCNC2=O)ccc1F. The summed E-state index contributed by atoms with van der Waals surface area (Å²) >= 11 is 0. The van der Waals surface area contributed by atoms with Gasteiger partial charge in [0, 0.05) is 18.8 Å². The minimum Gasteiger partial charge on any atom is -0.346 e. The molecule has 0 spiro atoms. The Bertz CT molecular complexity index is 595. The van der Waals surface area contributed by atoms with Crippen molar-refractivity contribution in [3.63, 3.8) is 0 Å². The van der Waals surface area contributed by atoms with Gasteiger partial charge in [-0.25, -0.2) is 18.0 Å². The van der Waals surface area contributed by atoms with Crippen LogP contribution < -0.4 is 21.3 Å². The monoisotopic (exact) mass is 316 g/mol. The van der Waals surface area contributed by atoms with Crippen LogP contribution in [0.5, 0.6) is 0 Å². The first-order valence-corrected chi connectivity index (χ1v) is 6.55. The first-order valence-electron chi connectivity index (χ1n) is 6.55. The number of halogens is 3. The van der Waals surface area contributed by atoms with Crippen molar-refractivity contribution in [2.45, 2.75) is 5.92 Å². The second-order valence-electron chi connectivity index (χ2n) is 4.79. The summed E-state index contributed by atoms with van der Waals surface area (Å²) in [5, 5.41) is 4.50. The second kappa shape index (κ2) is 6.22. The van der Waals surface area contributed by atoms with Gasteiger partial charge in [0.2, 0.25) is 0 Å². The number of nitrogens with zero attached hydrogens (tertiary/aromatic N) is 1. The molecule has 0 atom stereocenters. The molecule has 22 heavy (non-hydrogen) atoms. The van der Waals surface area contributed by atoms with Crippen molar-refractivity contribution in [1.29, 1.82) is 0 Å². The number of benzene rings is 1. The summed E-state index contributed by atoms with van der Waals surface area (Å²) < 4.78 is 39.7. The van der Waals surface area contributed by atoms with Crippen molar-refractivity contribution in [2.75, 3.05) is 31.1 Å². The zero-order chi connectivity index (χ0) is 16.3. The van der Waals surface area contributed by atoms with Crippen LogP contribution in [-0.2, 0) is 0 Å². The molecule has 1 saturated heterocycles. The quantitative estimate of drug-likeness (QED) is 0.746. The molecule has 0 aromatic heterocycles. The number of carbonyl (C=O) groups is 2. The summed E-state index contributed by atoms with van der Waals surface area (Å²) in [4.78, 5) is 24.7. The molecule has 1 aliphatic rings. The Balaban J connectivity index is 2.16. The van der Waals surface area contributed by atoms with Crippen molar-refractivity contribution in [3.8, 4) is 0 Å².